The molecule has 0 aliphatic heterocycles. The number of amides is 3. The fourth-order valence-electron chi connectivity index (χ4n) is 1.79. The van der Waals surface area contributed by atoms with Crippen LogP contribution >= 0.6 is 11.6 Å². The second-order valence-electron chi connectivity index (χ2n) is 5.11. The summed E-state index contributed by atoms with van der Waals surface area (Å²) in [5.41, 5.74) is 2.80. The Balaban J connectivity index is 2.53. The quantitative estimate of drug-likeness (QED) is 0.267. The second-order valence-corrected chi connectivity index (χ2v) is 5.54. The predicted octanol–water partition coefficient (Wildman–Crippen LogP) is 0.932. The zero-order valence-corrected chi connectivity index (χ0v) is 15.5. The standard InChI is InChI=1S/C16H21ClN4O5/c1-10(20-21-16(24)15(23)18-6-7-25-2)8-14(22)19-12-9-11(17)4-5-13(12)26-3/h4-5,9H,6-8H2,1-3H3,(H,18,23)(H,19,22)(H,21,24)/b20-10+. The first kappa shape index (κ1) is 21.4. The van der Waals surface area contributed by atoms with Gasteiger partial charge < -0.3 is 20.1 Å². The molecule has 3 N–H and O–H groups in total. The number of nitrogens with one attached hydrogen (secondary N) is 3. The van der Waals surface area contributed by atoms with Crippen LogP contribution in [0, 0.1) is 0 Å². The Morgan fingerprint density at radius 3 is 2.58 bits per heavy atom. The van der Waals surface area contributed by atoms with E-state index in [1.54, 1.807) is 18.2 Å². The first-order valence-corrected chi connectivity index (χ1v) is 7.98. The predicted molar refractivity (Wildman–Crippen MR) is 97.4 cm³/mol. The van der Waals surface area contributed by atoms with E-state index in [2.05, 4.69) is 21.2 Å². The highest BCUT2D eigenvalue weighted by Crippen LogP contribution is 2.27. The third kappa shape index (κ3) is 7.49. The van der Waals surface area contributed by atoms with Gasteiger partial charge in [-0.05, 0) is 25.1 Å². The van der Waals surface area contributed by atoms with Crippen LogP contribution in [0.2, 0.25) is 5.02 Å². The summed E-state index contributed by atoms with van der Waals surface area (Å²) in [6.45, 7) is 2.03. The van der Waals surface area contributed by atoms with Gasteiger partial charge in [0.15, 0.2) is 0 Å². The van der Waals surface area contributed by atoms with E-state index in [1.807, 2.05) is 0 Å². The number of anilines is 1. The number of carbonyl (C=O) groups excluding carboxylic acids is 3. The van der Waals surface area contributed by atoms with Gasteiger partial charge in [-0.3, -0.25) is 14.4 Å². The summed E-state index contributed by atoms with van der Waals surface area (Å²) in [5.74, 6) is -1.70. The molecule has 0 bridgehead atoms. The van der Waals surface area contributed by atoms with Gasteiger partial charge in [-0.15, -0.1) is 0 Å². The molecule has 0 saturated carbocycles. The van der Waals surface area contributed by atoms with Crippen LogP contribution in [0.5, 0.6) is 5.75 Å². The highest BCUT2D eigenvalue weighted by molar-refractivity contribution is 6.35. The number of hydrogen-bond donors (Lipinski definition) is 3. The zero-order valence-electron chi connectivity index (χ0n) is 14.7. The number of benzene rings is 1. The van der Waals surface area contributed by atoms with Gasteiger partial charge in [-0.25, -0.2) is 5.43 Å². The van der Waals surface area contributed by atoms with Gasteiger partial charge in [0.1, 0.15) is 5.75 Å². The fourth-order valence-corrected chi connectivity index (χ4v) is 1.96. The lowest BCUT2D eigenvalue weighted by molar-refractivity contribution is -0.139. The van der Waals surface area contributed by atoms with E-state index in [4.69, 9.17) is 21.1 Å². The Morgan fingerprint density at radius 1 is 1.19 bits per heavy atom. The van der Waals surface area contributed by atoms with Gasteiger partial charge in [-0.2, -0.15) is 5.10 Å². The lowest BCUT2D eigenvalue weighted by atomic mass is 10.2. The summed E-state index contributed by atoms with van der Waals surface area (Å²) < 4.78 is 9.89. The van der Waals surface area contributed by atoms with Gasteiger partial charge in [-0.1, -0.05) is 11.6 Å². The summed E-state index contributed by atoms with van der Waals surface area (Å²) in [7, 11) is 2.95. The molecule has 0 aliphatic rings. The van der Waals surface area contributed by atoms with Gasteiger partial charge in [0.2, 0.25) is 5.91 Å². The van der Waals surface area contributed by atoms with Gasteiger partial charge in [0.05, 0.1) is 25.8 Å². The molecule has 0 unspecified atom stereocenters. The van der Waals surface area contributed by atoms with Crippen molar-refractivity contribution in [1.82, 2.24) is 10.7 Å². The van der Waals surface area contributed by atoms with E-state index >= 15 is 0 Å². The molecule has 142 valence electrons. The SMILES string of the molecule is COCCNC(=O)C(=O)N/N=C(\C)CC(=O)Nc1cc(Cl)ccc1OC. The van der Waals surface area contributed by atoms with Gasteiger partial charge >= 0.3 is 11.8 Å². The number of ether oxygens (including phenoxy) is 2. The maximum absolute atomic E-state index is 12.1. The van der Waals surface area contributed by atoms with Crippen molar-refractivity contribution in [2.45, 2.75) is 13.3 Å². The average molecular weight is 385 g/mol. The molecule has 10 heteroatoms. The second kappa shape index (κ2) is 11.1. The van der Waals surface area contributed by atoms with Crippen LogP contribution in [-0.2, 0) is 19.1 Å². The molecule has 0 heterocycles. The first-order valence-electron chi connectivity index (χ1n) is 7.61. The smallest absolute Gasteiger partial charge is 0.329 e. The molecule has 1 aromatic carbocycles. The first-order chi connectivity index (χ1) is 12.4. The summed E-state index contributed by atoms with van der Waals surface area (Å²) in [4.78, 5) is 35.0. The highest BCUT2D eigenvalue weighted by Gasteiger charge is 2.13. The Hall–Kier alpha value is -2.65. The van der Waals surface area contributed by atoms with Crippen LogP contribution in [0.1, 0.15) is 13.3 Å². The minimum absolute atomic E-state index is 0.0960. The molecule has 26 heavy (non-hydrogen) atoms. The molecule has 1 rings (SSSR count). The molecule has 0 spiro atoms. The number of halogens is 1. The van der Waals surface area contributed by atoms with E-state index in [0.717, 1.165) is 0 Å². The number of carbonyl (C=O) groups is 3. The van der Waals surface area contributed by atoms with E-state index in [0.29, 0.717) is 22.2 Å². The van der Waals surface area contributed by atoms with Crippen LogP contribution in [-0.4, -0.2) is 50.8 Å². The molecule has 0 radical (unpaired) electrons. The maximum atomic E-state index is 12.1. The zero-order chi connectivity index (χ0) is 19.5. The highest BCUT2D eigenvalue weighted by atomic mass is 35.5. The number of rotatable bonds is 8. The van der Waals surface area contributed by atoms with Crippen LogP contribution in [0.25, 0.3) is 0 Å². The van der Waals surface area contributed by atoms with Crippen LogP contribution in [0.3, 0.4) is 0 Å². The van der Waals surface area contributed by atoms with Crippen molar-refractivity contribution < 1.29 is 23.9 Å². The molecule has 0 atom stereocenters. The normalized spacial score (nSPS) is 10.8. The Morgan fingerprint density at radius 2 is 1.92 bits per heavy atom. The summed E-state index contributed by atoms with van der Waals surface area (Å²) in [6, 6.07) is 4.81. The number of hydrogen-bond acceptors (Lipinski definition) is 6. The lowest BCUT2D eigenvalue weighted by Gasteiger charge is -2.10. The minimum Gasteiger partial charge on any atom is -0.495 e. The topological polar surface area (TPSA) is 118 Å². The molecule has 0 fully saturated rings. The molecule has 1 aromatic rings. The van der Waals surface area contributed by atoms with E-state index in [-0.39, 0.29) is 25.5 Å². The Labute approximate surface area is 156 Å². The third-order valence-electron chi connectivity index (χ3n) is 3.00. The average Bonchev–Trinajstić information content (AvgIpc) is 2.59. The van der Waals surface area contributed by atoms with E-state index < -0.39 is 11.8 Å². The maximum Gasteiger partial charge on any atom is 0.329 e. The van der Waals surface area contributed by atoms with Crippen LogP contribution < -0.4 is 20.8 Å². The van der Waals surface area contributed by atoms with E-state index in [1.165, 1.54) is 21.1 Å². The van der Waals surface area contributed by atoms with Crippen molar-refractivity contribution in [3.63, 3.8) is 0 Å². The Kier molecular flexibility index (Phi) is 9.10. The third-order valence-corrected chi connectivity index (χ3v) is 3.23. The number of methoxy groups -OCH3 is 2. The van der Waals surface area contributed by atoms with E-state index in [9.17, 15) is 14.4 Å². The van der Waals surface area contributed by atoms with Crippen molar-refractivity contribution >= 4 is 40.7 Å². The van der Waals surface area contributed by atoms with Gasteiger partial charge in [0, 0.05) is 24.4 Å². The summed E-state index contributed by atoms with van der Waals surface area (Å²) >= 11 is 5.90. The number of nitrogens with zero attached hydrogens (tertiary/aromatic N) is 1. The van der Waals surface area contributed by atoms with Crippen molar-refractivity contribution in [2.75, 3.05) is 32.7 Å². The fraction of sp³-hybridized carbons (Fsp3) is 0.375. The molecule has 3 amide bonds. The van der Waals surface area contributed by atoms with Crippen LogP contribution in [0.15, 0.2) is 23.3 Å². The minimum atomic E-state index is -0.933. The Bertz CT molecular complexity index is 693. The molecule has 0 aromatic heterocycles. The molecule has 0 saturated heterocycles. The summed E-state index contributed by atoms with van der Waals surface area (Å²) in [5, 5.41) is 9.16. The summed E-state index contributed by atoms with van der Waals surface area (Å²) in [6.07, 6.45) is -0.0960. The monoisotopic (exact) mass is 384 g/mol. The lowest BCUT2D eigenvalue weighted by Crippen LogP contribution is -2.39. The van der Waals surface area contributed by atoms with Crippen LogP contribution in [0.4, 0.5) is 5.69 Å². The molecular weight excluding hydrogens is 364 g/mol. The molecule has 9 nitrogen and oxygen atoms in total. The van der Waals surface area contributed by atoms with Crippen molar-refractivity contribution in [3.8, 4) is 5.75 Å². The molecular formula is C16H21ClN4O5. The molecule has 0 aliphatic carbocycles. The van der Waals surface area contributed by atoms with Crippen molar-refractivity contribution in [3.05, 3.63) is 23.2 Å². The van der Waals surface area contributed by atoms with Crippen molar-refractivity contribution in [1.29, 1.82) is 0 Å². The largest absolute Gasteiger partial charge is 0.495 e. The number of hydrazone groups is 1. The van der Waals surface area contributed by atoms with Gasteiger partial charge in [0.25, 0.3) is 0 Å². The van der Waals surface area contributed by atoms with Crippen molar-refractivity contribution in [2.24, 2.45) is 5.10 Å².